The number of ether oxygens (including phenoxy) is 1. The number of fused-ring (bicyclic) bond motifs is 2. The van der Waals surface area contributed by atoms with Crippen molar-refractivity contribution in [1.82, 2.24) is 9.97 Å². The Labute approximate surface area is 172 Å². The van der Waals surface area contributed by atoms with E-state index >= 15 is 0 Å². The molecule has 2 aromatic carbocycles. The first kappa shape index (κ1) is 17.6. The summed E-state index contributed by atoms with van der Waals surface area (Å²) in [6, 6.07) is 18.2. The molecule has 3 heterocycles. The third kappa shape index (κ3) is 3.39. The molecule has 0 amide bonds. The summed E-state index contributed by atoms with van der Waals surface area (Å²) in [7, 11) is 0. The topological polar surface area (TPSA) is 59.4 Å². The summed E-state index contributed by atoms with van der Waals surface area (Å²) < 4.78 is 5.97. The molecule has 0 bridgehead atoms. The van der Waals surface area contributed by atoms with E-state index in [-0.39, 0.29) is 6.10 Å². The molecule has 0 fully saturated rings. The lowest BCUT2D eigenvalue weighted by Gasteiger charge is -2.22. The van der Waals surface area contributed by atoms with Crippen molar-refractivity contribution in [2.24, 2.45) is 5.10 Å². The average Bonchev–Trinajstić information content (AvgIpc) is 3.20. The molecule has 142 valence electrons. The smallest absolute Gasteiger partial charge is 0.159 e. The summed E-state index contributed by atoms with van der Waals surface area (Å²) in [4.78, 5) is 9.76. The van der Waals surface area contributed by atoms with Crippen molar-refractivity contribution in [3.05, 3.63) is 77.4 Å². The number of nitrogens with one attached hydrogen (secondary N) is 1. The maximum atomic E-state index is 5.97. The molecule has 1 aliphatic heterocycles. The van der Waals surface area contributed by atoms with Gasteiger partial charge in [0.1, 0.15) is 23.0 Å². The number of benzene rings is 2. The third-order valence-corrected chi connectivity index (χ3v) is 5.74. The monoisotopic (exact) mass is 398 g/mol. The van der Waals surface area contributed by atoms with Gasteiger partial charge in [-0.2, -0.15) is 5.10 Å². The van der Waals surface area contributed by atoms with Crippen LogP contribution in [-0.2, 0) is 0 Å². The number of thiophene rings is 1. The lowest BCUT2D eigenvalue weighted by atomic mass is 10.0. The largest absolute Gasteiger partial charge is 0.485 e. The summed E-state index contributed by atoms with van der Waals surface area (Å²) in [6.45, 7) is 2.02. The van der Waals surface area contributed by atoms with E-state index in [0.29, 0.717) is 5.82 Å². The number of para-hydroxylation sites is 1. The fourth-order valence-electron chi connectivity index (χ4n) is 3.36. The number of anilines is 1. The van der Waals surface area contributed by atoms with E-state index in [1.54, 1.807) is 23.9 Å². The lowest BCUT2D eigenvalue weighted by molar-refractivity contribution is 0.260. The van der Waals surface area contributed by atoms with Crippen LogP contribution in [0.4, 0.5) is 5.82 Å². The van der Waals surface area contributed by atoms with Crippen molar-refractivity contribution < 1.29 is 4.74 Å². The molecule has 0 aliphatic carbocycles. The normalized spacial score (nSPS) is 15.8. The Kier molecular flexibility index (Phi) is 4.54. The molecule has 5 rings (SSSR count). The molecule has 5 nitrogen and oxygen atoms in total. The fourth-order valence-corrected chi connectivity index (χ4v) is 4.28. The molecule has 1 atom stereocenters. The Morgan fingerprint density at radius 3 is 2.79 bits per heavy atom. The highest BCUT2D eigenvalue weighted by molar-refractivity contribution is 7.17. The molecular weight excluding hydrogens is 380 g/mol. The molecule has 0 spiro atoms. The van der Waals surface area contributed by atoms with E-state index < -0.39 is 0 Å². The zero-order valence-corrected chi connectivity index (χ0v) is 16.6. The Balaban J connectivity index is 1.46. The van der Waals surface area contributed by atoms with Crippen LogP contribution >= 0.6 is 11.3 Å². The molecule has 1 N–H and O–H groups in total. The summed E-state index contributed by atoms with van der Waals surface area (Å²) in [5.74, 6) is 1.59. The zero-order chi connectivity index (χ0) is 19.6. The zero-order valence-electron chi connectivity index (χ0n) is 15.7. The van der Waals surface area contributed by atoms with Crippen molar-refractivity contribution in [2.45, 2.75) is 13.0 Å². The van der Waals surface area contributed by atoms with E-state index in [2.05, 4.69) is 44.1 Å². The Hall–Kier alpha value is -3.51. The molecule has 29 heavy (non-hydrogen) atoms. The number of hydrogen-bond donors (Lipinski definition) is 1. The van der Waals surface area contributed by atoms with Crippen LogP contribution < -0.4 is 10.2 Å². The Morgan fingerprint density at radius 2 is 1.90 bits per heavy atom. The highest BCUT2D eigenvalue weighted by Crippen LogP contribution is 2.36. The maximum Gasteiger partial charge on any atom is 0.159 e. The van der Waals surface area contributed by atoms with Crippen LogP contribution in [0, 0.1) is 0 Å². The van der Waals surface area contributed by atoms with Gasteiger partial charge in [-0.3, -0.25) is 5.43 Å². The summed E-state index contributed by atoms with van der Waals surface area (Å²) in [5, 5.41) is 7.54. The van der Waals surface area contributed by atoms with Gasteiger partial charge in [-0.05, 0) is 24.6 Å². The Morgan fingerprint density at radius 1 is 1.07 bits per heavy atom. The van der Waals surface area contributed by atoms with Crippen molar-refractivity contribution in [3.8, 4) is 16.9 Å². The van der Waals surface area contributed by atoms with E-state index in [1.165, 1.54) is 0 Å². The van der Waals surface area contributed by atoms with Crippen LogP contribution in [0.15, 0.2) is 77.0 Å². The molecule has 6 heteroatoms. The first-order valence-corrected chi connectivity index (χ1v) is 10.2. The molecule has 1 unspecified atom stereocenters. The van der Waals surface area contributed by atoms with Gasteiger partial charge in [0.25, 0.3) is 0 Å². The molecule has 4 aromatic rings. The number of aromatic nitrogens is 2. The molecule has 0 radical (unpaired) electrons. The van der Waals surface area contributed by atoms with E-state index in [0.717, 1.165) is 38.2 Å². The number of hydrogen-bond acceptors (Lipinski definition) is 6. The van der Waals surface area contributed by atoms with Crippen LogP contribution in [0.5, 0.6) is 5.75 Å². The summed E-state index contributed by atoms with van der Waals surface area (Å²) >= 11 is 1.60. The lowest BCUT2D eigenvalue weighted by Crippen LogP contribution is -2.19. The van der Waals surface area contributed by atoms with Crippen molar-refractivity contribution >= 4 is 39.7 Å². The van der Waals surface area contributed by atoms with Crippen LogP contribution in [0.25, 0.3) is 27.4 Å². The van der Waals surface area contributed by atoms with Crippen LogP contribution in [0.1, 0.15) is 12.5 Å². The van der Waals surface area contributed by atoms with Gasteiger partial charge in [0.2, 0.25) is 0 Å². The fraction of sp³-hybridized carbons (Fsp3) is 0.0870. The molecular formula is C23H18N4OS. The minimum Gasteiger partial charge on any atom is -0.485 e. The highest BCUT2D eigenvalue weighted by Gasteiger charge is 2.17. The van der Waals surface area contributed by atoms with Gasteiger partial charge in [-0.1, -0.05) is 48.5 Å². The minimum atomic E-state index is -0.0677. The van der Waals surface area contributed by atoms with E-state index in [9.17, 15) is 0 Å². The summed E-state index contributed by atoms with van der Waals surface area (Å²) in [6.07, 6.45) is 5.39. The second-order valence-corrected chi connectivity index (χ2v) is 7.59. The van der Waals surface area contributed by atoms with Crippen molar-refractivity contribution in [1.29, 1.82) is 0 Å². The van der Waals surface area contributed by atoms with Gasteiger partial charge in [0.15, 0.2) is 5.82 Å². The second kappa shape index (κ2) is 7.48. The number of nitrogens with zero attached hydrogens (tertiary/aromatic N) is 3. The van der Waals surface area contributed by atoms with E-state index in [1.807, 2.05) is 49.4 Å². The average molecular weight is 398 g/mol. The summed E-state index contributed by atoms with van der Waals surface area (Å²) in [5.41, 5.74) is 7.39. The third-order valence-electron chi connectivity index (χ3n) is 4.85. The van der Waals surface area contributed by atoms with Gasteiger partial charge >= 0.3 is 0 Å². The first-order chi connectivity index (χ1) is 14.3. The van der Waals surface area contributed by atoms with Crippen LogP contribution in [-0.4, -0.2) is 22.3 Å². The molecule has 0 saturated heterocycles. The number of rotatable bonds is 4. The van der Waals surface area contributed by atoms with Gasteiger partial charge in [0.05, 0.1) is 11.6 Å². The first-order valence-electron chi connectivity index (χ1n) is 9.33. The van der Waals surface area contributed by atoms with E-state index in [4.69, 9.17) is 4.74 Å². The molecule has 0 saturated carbocycles. The number of hydrazone groups is 1. The Bertz CT molecular complexity index is 1230. The quantitative estimate of drug-likeness (QED) is 0.358. The van der Waals surface area contributed by atoms with Gasteiger partial charge in [-0.25, -0.2) is 9.97 Å². The van der Waals surface area contributed by atoms with Crippen LogP contribution in [0.3, 0.4) is 0 Å². The second-order valence-electron chi connectivity index (χ2n) is 6.73. The van der Waals surface area contributed by atoms with Gasteiger partial charge in [-0.15, -0.1) is 11.3 Å². The van der Waals surface area contributed by atoms with Crippen molar-refractivity contribution in [2.75, 3.05) is 5.43 Å². The predicted molar refractivity (Wildman–Crippen MR) is 119 cm³/mol. The van der Waals surface area contributed by atoms with Crippen molar-refractivity contribution in [3.63, 3.8) is 0 Å². The standard InChI is InChI=1S/C23H18N4OS/c1-15-18(11-17-9-5-6-10-20(17)28-15)12-26-27-22-21-19(16-7-3-2-4-8-16)13-29-23(21)25-14-24-22/h2-15H,1H3,(H,24,25,27). The minimum absolute atomic E-state index is 0.0677. The van der Waals surface area contributed by atoms with Gasteiger partial charge < -0.3 is 4.74 Å². The van der Waals surface area contributed by atoms with Gasteiger partial charge in [0, 0.05) is 22.1 Å². The predicted octanol–water partition coefficient (Wildman–Crippen LogP) is 5.62. The van der Waals surface area contributed by atoms with Crippen LogP contribution in [0.2, 0.25) is 0 Å². The SMILES string of the molecule is CC1Oc2ccccc2C=C1C=NNc1ncnc2scc(-c3ccccc3)c12. The molecule has 1 aliphatic rings. The highest BCUT2D eigenvalue weighted by atomic mass is 32.1. The molecule has 2 aromatic heterocycles. The maximum absolute atomic E-state index is 5.97.